The van der Waals surface area contributed by atoms with Gasteiger partial charge in [0.25, 0.3) is 0 Å². The first-order valence-electron chi connectivity index (χ1n) is 4.79. The molecule has 1 aromatic carbocycles. The van der Waals surface area contributed by atoms with Gasteiger partial charge in [-0.3, -0.25) is 4.79 Å². The summed E-state index contributed by atoms with van der Waals surface area (Å²) >= 11 is 5.89. The van der Waals surface area contributed by atoms with Crippen LogP contribution >= 0.6 is 11.6 Å². The Morgan fingerprint density at radius 2 is 2.20 bits per heavy atom. The molecular weight excluding hydrogens is 212 g/mol. The van der Waals surface area contributed by atoms with Gasteiger partial charge >= 0.3 is 0 Å². The predicted molar refractivity (Wildman–Crippen MR) is 60.2 cm³/mol. The van der Waals surface area contributed by atoms with Gasteiger partial charge in [-0.1, -0.05) is 18.2 Å². The predicted octanol–water partition coefficient (Wildman–Crippen LogP) is 3.09. The quantitative estimate of drug-likeness (QED) is 0.674. The van der Waals surface area contributed by atoms with E-state index in [-0.39, 0.29) is 5.78 Å². The van der Waals surface area contributed by atoms with Crippen LogP contribution in [0.3, 0.4) is 0 Å². The fourth-order valence-corrected chi connectivity index (χ4v) is 1.77. The number of benzene rings is 1. The lowest BCUT2D eigenvalue weighted by Gasteiger charge is -2.16. The molecule has 0 fully saturated rings. The zero-order chi connectivity index (χ0) is 10.8. The third-order valence-corrected chi connectivity index (χ3v) is 2.61. The number of halogens is 1. The summed E-state index contributed by atoms with van der Waals surface area (Å²) in [6.07, 6.45) is 0.831. The van der Waals surface area contributed by atoms with E-state index >= 15 is 0 Å². The maximum Gasteiger partial charge on any atom is 0.140 e. The molecule has 0 atom stereocenters. The molecule has 1 heterocycles. The first kappa shape index (κ1) is 10.2. The Labute approximate surface area is 93.5 Å². The highest BCUT2D eigenvalue weighted by molar-refractivity contribution is 6.30. The van der Waals surface area contributed by atoms with Crippen LogP contribution in [-0.4, -0.2) is 12.4 Å². The highest BCUT2D eigenvalue weighted by atomic mass is 35.5. The number of carbonyl (C=O) groups is 1. The summed E-state index contributed by atoms with van der Waals surface area (Å²) < 4.78 is 5.48. The van der Waals surface area contributed by atoms with Crippen LogP contribution in [-0.2, 0) is 4.79 Å². The van der Waals surface area contributed by atoms with Gasteiger partial charge in [-0.15, -0.1) is 0 Å². The molecule has 0 radical (unpaired) electrons. The first-order valence-corrected chi connectivity index (χ1v) is 5.17. The van der Waals surface area contributed by atoms with Crippen LogP contribution < -0.4 is 4.74 Å². The maximum atomic E-state index is 11.4. The minimum atomic E-state index is 0.158. The standard InChI is InChI=1S/C12H11ClO2/c1-8-6-10(14)4-5-15-12-3-2-9(13)7-11(8)12/h2-3,7H,1,4-6H2. The summed E-state index contributed by atoms with van der Waals surface area (Å²) in [6.45, 7) is 4.32. The van der Waals surface area contributed by atoms with E-state index in [0.717, 1.165) is 16.9 Å². The van der Waals surface area contributed by atoms with Crippen LogP contribution in [0.4, 0.5) is 0 Å². The van der Waals surface area contributed by atoms with Crippen molar-refractivity contribution in [3.8, 4) is 5.75 Å². The Morgan fingerprint density at radius 3 is 3.00 bits per heavy atom. The van der Waals surface area contributed by atoms with Crippen molar-refractivity contribution in [2.45, 2.75) is 12.8 Å². The van der Waals surface area contributed by atoms with E-state index in [4.69, 9.17) is 16.3 Å². The Balaban J connectivity index is 2.43. The third-order valence-electron chi connectivity index (χ3n) is 2.37. The SMILES string of the molecule is C=C1CC(=O)CCOc2ccc(Cl)cc21. The van der Waals surface area contributed by atoms with E-state index in [1.54, 1.807) is 12.1 Å². The zero-order valence-corrected chi connectivity index (χ0v) is 9.01. The fraction of sp³-hybridized carbons (Fsp3) is 0.250. The van der Waals surface area contributed by atoms with Gasteiger partial charge < -0.3 is 4.74 Å². The molecule has 0 spiro atoms. The Kier molecular flexibility index (Phi) is 2.78. The van der Waals surface area contributed by atoms with Gasteiger partial charge in [0.2, 0.25) is 0 Å². The number of Topliss-reactive ketones (excluding diaryl/α,β-unsaturated/α-hetero) is 1. The monoisotopic (exact) mass is 222 g/mol. The molecule has 0 aliphatic carbocycles. The molecule has 0 amide bonds. The molecule has 0 aromatic heterocycles. The molecule has 0 unspecified atom stereocenters. The number of fused-ring (bicyclic) bond motifs is 1. The van der Waals surface area contributed by atoms with E-state index in [1.807, 2.05) is 6.07 Å². The average Bonchev–Trinajstić information content (AvgIpc) is 2.18. The van der Waals surface area contributed by atoms with Crippen molar-refractivity contribution < 1.29 is 9.53 Å². The number of allylic oxidation sites excluding steroid dienone is 1. The fourth-order valence-electron chi connectivity index (χ4n) is 1.60. The molecule has 2 nitrogen and oxygen atoms in total. The van der Waals surface area contributed by atoms with Gasteiger partial charge in [-0.25, -0.2) is 0 Å². The zero-order valence-electron chi connectivity index (χ0n) is 8.25. The molecule has 0 saturated heterocycles. The summed E-state index contributed by atoms with van der Waals surface area (Å²) in [4.78, 5) is 11.4. The van der Waals surface area contributed by atoms with Crippen LogP contribution in [0.1, 0.15) is 18.4 Å². The Bertz CT molecular complexity index is 424. The van der Waals surface area contributed by atoms with Gasteiger partial charge in [0, 0.05) is 23.4 Å². The van der Waals surface area contributed by atoms with Gasteiger partial charge in [0.15, 0.2) is 0 Å². The van der Waals surface area contributed by atoms with Crippen LogP contribution in [0, 0.1) is 0 Å². The lowest BCUT2D eigenvalue weighted by atomic mass is 9.99. The minimum Gasteiger partial charge on any atom is -0.492 e. The van der Waals surface area contributed by atoms with Gasteiger partial charge in [0.05, 0.1) is 6.61 Å². The number of ether oxygens (including phenoxy) is 1. The molecule has 2 rings (SSSR count). The lowest BCUT2D eigenvalue weighted by Crippen LogP contribution is -2.11. The van der Waals surface area contributed by atoms with Crippen LogP contribution in [0.2, 0.25) is 5.02 Å². The molecular formula is C12H11ClO2. The van der Waals surface area contributed by atoms with Gasteiger partial charge in [-0.05, 0) is 23.8 Å². The van der Waals surface area contributed by atoms with Crippen LogP contribution in [0.15, 0.2) is 24.8 Å². The summed E-state index contributed by atoms with van der Waals surface area (Å²) in [6, 6.07) is 5.38. The average molecular weight is 223 g/mol. The first-order chi connectivity index (χ1) is 7.16. The van der Waals surface area contributed by atoms with Crippen molar-refractivity contribution in [2.75, 3.05) is 6.61 Å². The number of carbonyl (C=O) groups excluding carboxylic acids is 1. The summed E-state index contributed by atoms with van der Waals surface area (Å²) in [5.41, 5.74) is 1.62. The molecule has 1 aromatic rings. The van der Waals surface area contributed by atoms with E-state index < -0.39 is 0 Å². The molecule has 3 heteroatoms. The van der Waals surface area contributed by atoms with E-state index in [9.17, 15) is 4.79 Å². The van der Waals surface area contributed by atoms with Crippen molar-refractivity contribution in [2.24, 2.45) is 0 Å². The minimum absolute atomic E-state index is 0.158. The van der Waals surface area contributed by atoms with Crippen LogP contribution in [0.5, 0.6) is 5.75 Å². The second-order valence-electron chi connectivity index (χ2n) is 3.56. The largest absolute Gasteiger partial charge is 0.492 e. The number of hydrogen-bond acceptors (Lipinski definition) is 2. The smallest absolute Gasteiger partial charge is 0.140 e. The molecule has 0 N–H and O–H groups in total. The Hall–Kier alpha value is -1.28. The molecule has 0 bridgehead atoms. The highest BCUT2D eigenvalue weighted by Gasteiger charge is 2.15. The second kappa shape index (κ2) is 4.07. The van der Waals surface area contributed by atoms with Gasteiger partial charge in [0.1, 0.15) is 11.5 Å². The van der Waals surface area contributed by atoms with Crippen molar-refractivity contribution in [1.29, 1.82) is 0 Å². The highest BCUT2D eigenvalue weighted by Crippen LogP contribution is 2.31. The molecule has 1 aliphatic rings. The number of ketones is 1. The maximum absolute atomic E-state index is 11.4. The topological polar surface area (TPSA) is 26.3 Å². The van der Waals surface area contributed by atoms with E-state index in [2.05, 4.69) is 6.58 Å². The number of hydrogen-bond donors (Lipinski definition) is 0. The Morgan fingerprint density at radius 1 is 1.40 bits per heavy atom. The molecule has 15 heavy (non-hydrogen) atoms. The number of rotatable bonds is 0. The molecule has 1 aliphatic heterocycles. The van der Waals surface area contributed by atoms with Gasteiger partial charge in [-0.2, -0.15) is 0 Å². The van der Waals surface area contributed by atoms with Crippen LogP contribution in [0.25, 0.3) is 5.57 Å². The second-order valence-corrected chi connectivity index (χ2v) is 3.99. The third kappa shape index (κ3) is 2.21. The lowest BCUT2D eigenvalue weighted by molar-refractivity contribution is -0.118. The van der Waals surface area contributed by atoms with E-state index in [1.165, 1.54) is 0 Å². The summed E-state index contributed by atoms with van der Waals surface area (Å²) in [5, 5.41) is 0.631. The van der Waals surface area contributed by atoms with Crippen molar-refractivity contribution >= 4 is 23.0 Å². The summed E-state index contributed by atoms with van der Waals surface area (Å²) in [7, 11) is 0. The van der Waals surface area contributed by atoms with Crippen molar-refractivity contribution in [3.63, 3.8) is 0 Å². The molecule has 0 saturated carbocycles. The van der Waals surface area contributed by atoms with Crippen molar-refractivity contribution in [3.05, 3.63) is 35.4 Å². The van der Waals surface area contributed by atoms with Crippen molar-refractivity contribution in [1.82, 2.24) is 0 Å². The normalized spacial score (nSPS) is 16.3. The van der Waals surface area contributed by atoms with E-state index in [0.29, 0.717) is 24.5 Å². The molecule has 78 valence electrons. The summed E-state index contributed by atoms with van der Waals surface area (Å²) in [5.74, 6) is 0.919.